The molecule has 1 aliphatic rings. The Morgan fingerprint density at radius 2 is 1.64 bits per heavy atom. The molecule has 0 aliphatic carbocycles. The number of carbonyl (C=O) groups excluding carboxylic acids is 1. The number of halogens is 1. The number of piperazine rings is 1. The normalized spacial score (nSPS) is 14.7. The van der Waals surface area contributed by atoms with E-state index in [-0.39, 0.29) is 10.8 Å². The van der Waals surface area contributed by atoms with Crippen LogP contribution in [0.25, 0.3) is 10.2 Å². The molecule has 36 heavy (non-hydrogen) atoms. The van der Waals surface area contributed by atoms with E-state index < -0.39 is 10.0 Å². The highest BCUT2D eigenvalue weighted by Gasteiger charge is 2.26. The highest BCUT2D eigenvalue weighted by atomic mass is 35.5. The molecule has 2 heterocycles. The molecule has 0 bridgehead atoms. The van der Waals surface area contributed by atoms with Gasteiger partial charge < -0.3 is 9.80 Å². The van der Waals surface area contributed by atoms with Gasteiger partial charge in [0.05, 0.1) is 15.1 Å². The SMILES string of the molecule is CCCCN(CCCC)S(=O)(=O)c1ccc(C(=O)N2CCN(c3nc4ccc(Cl)cc4s3)CC2)cc1. The van der Waals surface area contributed by atoms with Crippen molar-refractivity contribution in [2.45, 2.75) is 44.4 Å². The Kier molecular flexibility index (Phi) is 8.87. The molecule has 2 aromatic carbocycles. The van der Waals surface area contributed by atoms with Crippen molar-refractivity contribution >= 4 is 54.2 Å². The Bertz CT molecular complexity index is 1280. The van der Waals surface area contributed by atoms with Gasteiger partial charge in [0.15, 0.2) is 5.13 Å². The van der Waals surface area contributed by atoms with E-state index in [0.29, 0.717) is 49.9 Å². The van der Waals surface area contributed by atoms with E-state index in [1.807, 2.05) is 23.1 Å². The molecule has 10 heteroatoms. The summed E-state index contributed by atoms with van der Waals surface area (Å²) in [5, 5.41) is 1.63. The van der Waals surface area contributed by atoms with E-state index in [1.54, 1.807) is 39.9 Å². The third-order valence-corrected chi connectivity index (χ3v) is 9.66. The molecule has 7 nitrogen and oxygen atoms in total. The van der Waals surface area contributed by atoms with Gasteiger partial charge in [-0.3, -0.25) is 4.79 Å². The molecule has 1 amide bonds. The first-order valence-corrected chi connectivity index (χ1v) is 15.2. The summed E-state index contributed by atoms with van der Waals surface area (Å²) >= 11 is 7.71. The number of sulfonamides is 1. The van der Waals surface area contributed by atoms with Crippen LogP contribution in [0.2, 0.25) is 5.02 Å². The number of amides is 1. The van der Waals surface area contributed by atoms with Crippen molar-refractivity contribution in [3.63, 3.8) is 0 Å². The lowest BCUT2D eigenvalue weighted by Crippen LogP contribution is -2.48. The summed E-state index contributed by atoms with van der Waals surface area (Å²) < 4.78 is 29.0. The number of rotatable bonds is 10. The number of benzene rings is 2. The first-order valence-electron chi connectivity index (χ1n) is 12.5. The second kappa shape index (κ2) is 11.9. The Labute approximate surface area is 222 Å². The molecule has 0 unspecified atom stereocenters. The lowest BCUT2D eigenvalue weighted by Gasteiger charge is -2.34. The molecular weight excluding hydrogens is 516 g/mol. The highest BCUT2D eigenvalue weighted by Crippen LogP contribution is 2.31. The van der Waals surface area contributed by atoms with Crippen molar-refractivity contribution in [1.82, 2.24) is 14.2 Å². The van der Waals surface area contributed by atoms with Crippen molar-refractivity contribution in [3.05, 3.63) is 53.1 Å². The molecule has 3 aromatic rings. The first kappa shape index (κ1) is 26.9. The number of unbranched alkanes of at least 4 members (excludes halogenated alkanes) is 2. The minimum absolute atomic E-state index is 0.0801. The van der Waals surface area contributed by atoms with Crippen LogP contribution in [-0.4, -0.2) is 67.8 Å². The number of hydrogen-bond donors (Lipinski definition) is 0. The molecule has 1 fully saturated rings. The van der Waals surface area contributed by atoms with Gasteiger partial charge in [-0.2, -0.15) is 4.31 Å². The Hall–Kier alpha value is -2.20. The number of thiazole rings is 1. The second-order valence-corrected chi connectivity index (χ2v) is 12.4. The molecule has 4 rings (SSSR count). The molecule has 0 saturated carbocycles. The molecular formula is C26H33ClN4O3S2. The summed E-state index contributed by atoms with van der Waals surface area (Å²) in [5.41, 5.74) is 1.43. The Balaban J connectivity index is 1.39. The third-order valence-electron chi connectivity index (χ3n) is 6.44. The summed E-state index contributed by atoms with van der Waals surface area (Å²) in [6.07, 6.45) is 3.53. The summed E-state index contributed by atoms with van der Waals surface area (Å²) in [5.74, 6) is -0.0801. The van der Waals surface area contributed by atoms with Crippen molar-refractivity contribution in [2.24, 2.45) is 0 Å². The summed E-state index contributed by atoms with van der Waals surface area (Å²) in [6, 6.07) is 12.1. The number of anilines is 1. The predicted molar refractivity (Wildman–Crippen MR) is 148 cm³/mol. The smallest absolute Gasteiger partial charge is 0.253 e. The molecule has 0 radical (unpaired) electrons. The van der Waals surface area contributed by atoms with Gasteiger partial charge in [-0.05, 0) is 55.3 Å². The summed E-state index contributed by atoms with van der Waals surface area (Å²) in [6.45, 7) is 7.69. The zero-order valence-electron chi connectivity index (χ0n) is 20.8. The van der Waals surface area contributed by atoms with E-state index in [0.717, 1.165) is 41.0 Å². The maximum atomic E-state index is 13.2. The lowest BCUT2D eigenvalue weighted by atomic mass is 10.2. The molecule has 0 spiro atoms. The van der Waals surface area contributed by atoms with E-state index >= 15 is 0 Å². The quantitative estimate of drug-likeness (QED) is 0.334. The largest absolute Gasteiger partial charge is 0.345 e. The molecule has 0 atom stereocenters. The summed E-state index contributed by atoms with van der Waals surface area (Å²) in [7, 11) is -3.58. The van der Waals surface area contributed by atoms with Gasteiger partial charge in [0.1, 0.15) is 0 Å². The van der Waals surface area contributed by atoms with Crippen molar-refractivity contribution < 1.29 is 13.2 Å². The van der Waals surface area contributed by atoms with Gasteiger partial charge in [0.2, 0.25) is 10.0 Å². The average molecular weight is 549 g/mol. The Morgan fingerprint density at radius 3 is 2.25 bits per heavy atom. The topological polar surface area (TPSA) is 73.8 Å². The number of aromatic nitrogens is 1. The van der Waals surface area contributed by atoms with Crippen LogP contribution in [0.4, 0.5) is 5.13 Å². The fraction of sp³-hybridized carbons (Fsp3) is 0.462. The fourth-order valence-corrected chi connectivity index (χ4v) is 7.05. The van der Waals surface area contributed by atoms with Gasteiger partial charge in [0.25, 0.3) is 5.91 Å². The number of fused-ring (bicyclic) bond motifs is 1. The van der Waals surface area contributed by atoms with E-state index in [4.69, 9.17) is 16.6 Å². The zero-order chi connectivity index (χ0) is 25.7. The highest BCUT2D eigenvalue weighted by molar-refractivity contribution is 7.89. The van der Waals surface area contributed by atoms with Crippen LogP contribution >= 0.6 is 22.9 Å². The van der Waals surface area contributed by atoms with Crippen LogP contribution < -0.4 is 4.90 Å². The van der Waals surface area contributed by atoms with E-state index in [2.05, 4.69) is 18.7 Å². The predicted octanol–water partition coefficient (Wildman–Crippen LogP) is 5.50. The van der Waals surface area contributed by atoms with Crippen LogP contribution in [0.5, 0.6) is 0 Å². The van der Waals surface area contributed by atoms with Crippen LogP contribution in [0.1, 0.15) is 49.9 Å². The second-order valence-electron chi connectivity index (χ2n) is 9.02. The monoisotopic (exact) mass is 548 g/mol. The van der Waals surface area contributed by atoms with Crippen molar-refractivity contribution in [2.75, 3.05) is 44.2 Å². The number of carbonyl (C=O) groups is 1. The maximum Gasteiger partial charge on any atom is 0.253 e. The van der Waals surface area contributed by atoms with Crippen LogP contribution in [0, 0.1) is 0 Å². The fourth-order valence-electron chi connectivity index (χ4n) is 4.24. The van der Waals surface area contributed by atoms with Gasteiger partial charge in [0, 0.05) is 49.9 Å². The van der Waals surface area contributed by atoms with Crippen molar-refractivity contribution in [3.8, 4) is 0 Å². The average Bonchev–Trinajstić information content (AvgIpc) is 3.31. The van der Waals surface area contributed by atoms with E-state index in [9.17, 15) is 13.2 Å². The molecule has 194 valence electrons. The molecule has 1 aromatic heterocycles. The van der Waals surface area contributed by atoms with Crippen LogP contribution in [0.15, 0.2) is 47.4 Å². The summed E-state index contributed by atoms with van der Waals surface area (Å²) in [4.78, 5) is 22.1. The van der Waals surface area contributed by atoms with E-state index in [1.165, 1.54) is 0 Å². The molecule has 1 aliphatic heterocycles. The number of hydrogen-bond acceptors (Lipinski definition) is 6. The van der Waals surface area contributed by atoms with Crippen LogP contribution in [-0.2, 0) is 10.0 Å². The van der Waals surface area contributed by atoms with Gasteiger partial charge >= 0.3 is 0 Å². The Morgan fingerprint density at radius 1 is 1.00 bits per heavy atom. The molecule has 0 N–H and O–H groups in total. The lowest BCUT2D eigenvalue weighted by molar-refractivity contribution is 0.0746. The minimum Gasteiger partial charge on any atom is -0.345 e. The van der Waals surface area contributed by atoms with Gasteiger partial charge in [-0.15, -0.1) is 0 Å². The third kappa shape index (κ3) is 6.02. The molecule has 1 saturated heterocycles. The first-order chi connectivity index (χ1) is 17.3. The minimum atomic E-state index is -3.58. The maximum absolute atomic E-state index is 13.2. The standard InChI is InChI=1S/C26H33ClN4O3S2/c1-3-5-13-31(14-6-4-2)36(33,34)22-10-7-20(8-11-22)25(32)29-15-17-30(18-16-29)26-28-23-12-9-21(27)19-24(23)35-26/h7-12,19H,3-6,13-18H2,1-2H3. The zero-order valence-corrected chi connectivity index (χ0v) is 23.2. The van der Waals surface area contributed by atoms with Gasteiger partial charge in [-0.1, -0.05) is 49.6 Å². The van der Waals surface area contributed by atoms with Gasteiger partial charge in [-0.25, -0.2) is 13.4 Å². The van der Waals surface area contributed by atoms with Crippen LogP contribution in [0.3, 0.4) is 0 Å². The number of nitrogens with zero attached hydrogens (tertiary/aromatic N) is 4. The van der Waals surface area contributed by atoms with Crippen molar-refractivity contribution in [1.29, 1.82) is 0 Å².